The molecule has 0 fully saturated rings. The van der Waals surface area contributed by atoms with Crippen molar-refractivity contribution in [1.82, 2.24) is 5.16 Å². The number of halogens is 1. The van der Waals surface area contributed by atoms with Gasteiger partial charge in [0.15, 0.2) is 5.76 Å². The molecule has 0 aliphatic heterocycles. The smallest absolute Gasteiger partial charge is 0.152 e. The van der Waals surface area contributed by atoms with Crippen LogP contribution in [0.5, 0.6) is 0 Å². The first-order chi connectivity index (χ1) is 7.35. The Labute approximate surface area is 91.9 Å². The summed E-state index contributed by atoms with van der Waals surface area (Å²) in [7, 11) is 0. The van der Waals surface area contributed by atoms with E-state index in [-0.39, 0.29) is 5.88 Å². The van der Waals surface area contributed by atoms with Gasteiger partial charge in [0.1, 0.15) is 5.69 Å². The lowest BCUT2D eigenvalue weighted by Gasteiger charge is -1.96. The third-order valence-corrected chi connectivity index (χ3v) is 2.28. The van der Waals surface area contributed by atoms with E-state index in [1.807, 2.05) is 18.2 Å². The van der Waals surface area contributed by atoms with E-state index in [0.29, 0.717) is 17.0 Å². The van der Waals surface area contributed by atoms with Crippen molar-refractivity contribution < 1.29 is 4.52 Å². The summed E-state index contributed by atoms with van der Waals surface area (Å²) < 4.78 is 4.98. The molecule has 0 N–H and O–H groups in total. The van der Waals surface area contributed by atoms with Crippen LogP contribution >= 0.6 is 11.6 Å². The number of alkyl halides is 1. The van der Waals surface area contributed by atoms with Gasteiger partial charge >= 0.3 is 0 Å². The van der Waals surface area contributed by atoms with Crippen LogP contribution in [0.4, 0.5) is 0 Å². The Hall–Kier alpha value is -1.79. The zero-order valence-electron chi connectivity index (χ0n) is 7.77. The minimum absolute atomic E-state index is 0.279. The van der Waals surface area contributed by atoms with Crippen molar-refractivity contribution in [1.29, 1.82) is 5.26 Å². The summed E-state index contributed by atoms with van der Waals surface area (Å²) >= 11 is 5.60. The SMILES string of the molecule is N#Cc1ccccc1-c1cc(CCl)on1. The third kappa shape index (κ3) is 1.85. The highest BCUT2D eigenvalue weighted by atomic mass is 35.5. The van der Waals surface area contributed by atoms with Gasteiger partial charge in [-0.15, -0.1) is 11.6 Å². The van der Waals surface area contributed by atoms with Crippen molar-refractivity contribution in [3.05, 3.63) is 41.7 Å². The van der Waals surface area contributed by atoms with Crippen molar-refractivity contribution >= 4 is 11.6 Å². The van der Waals surface area contributed by atoms with Gasteiger partial charge in [0.2, 0.25) is 0 Å². The molecule has 0 unspecified atom stereocenters. The van der Waals surface area contributed by atoms with Crippen LogP contribution in [0.15, 0.2) is 34.9 Å². The molecule has 0 aliphatic rings. The minimum atomic E-state index is 0.279. The first-order valence-electron chi connectivity index (χ1n) is 4.36. The molecule has 1 aromatic heterocycles. The lowest BCUT2D eigenvalue weighted by atomic mass is 10.1. The number of benzene rings is 1. The van der Waals surface area contributed by atoms with Gasteiger partial charge in [-0.2, -0.15) is 5.26 Å². The molecule has 1 heterocycles. The van der Waals surface area contributed by atoms with E-state index >= 15 is 0 Å². The maximum Gasteiger partial charge on any atom is 0.152 e. The van der Waals surface area contributed by atoms with Crippen molar-refractivity contribution in [2.45, 2.75) is 5.88 Å². The average molecular weight is 219 g/mol. The summed E-state index contributed by atoms with van der Waals surface area (Å²) in [5, 5.41) is 12.8. The summed E-state index contributed by atoms with van der Waals surface area (Å²) in [6, 6.07) is 11.1. The van der Waals surface area contributed by atoms with Crippen LogP contribution in [0.2, 0.25) is 0 Å². The number of nitrogens with zero attached hydrogens (tertiary/aromatic N) is 2. The summed E-state index contributed by atoms with van der Waals surface area (Å²) in [6.07, 6.45) is 0. The Morgan fingerprint density at radius 3 is 2.87 bits per heavy atom. The van der Waals surface area contributed by atoms with Crippen LogP contribution in [-0.4, -0.2) is 5.16 Å². The second-order valence-corrected chi connectivity index (χ2v) is 3.24. The number of hydrogen-bond acceptors (Lipinski definition) is 3. The highest BCUT2D eigenvalue weighted by molar-refractivity contribution is 6.16. The van der Waals surface area contributed by atoms with E-state index in [2.05, 4.69) is 11.2 Å². The molecule has 3 nitrogen and oxygen atoms in total. The zero-order valence-corrected chi connectivity index (χ0v) is 8.53. The monoisotopic (exact) mass is 218 g/mol. The van der Waals surface area contributed by atoms with Crippen molar-refractivity contribution in [3.63, 3.8) is 0 Å². The molecule has 0 radical (unpaired) electrons. The second kappa shape index (κ2) is 4.16. The van der Waals surface area contributed by atoms with Gasteiger partial charge in [-0.25, -0.2) is 0 Å². The van der Waals surface area contributed by atoms with Gasteiger partial charge in [0.05, 0.1) is 17.5 Å². The van der Waals surface area contributed by atoms with E-state index in [1.165, 1.54) is 0 Å². The molecule has 2 rings (SSSR count). The standard InChI is InChI=1S/C11H7ClN2O/c12-6-9-5-11(14-15-9)10-4-2-1-3-8(10)7-13/h1-5H,6H2. The Kier molecular flexibility index (Phi) is 2.70. The summed E-state index contributed by atoms with van der Waals surface area (Å²) in [5.41, 5.74) is 1.98. The van der Waals surface area contributed by atoms with Crippen LogP contribution in [0.3, 0.4) is 0 Å². The van der Waals surface area contributed by atoms with Crippen LogP contribution in [0.25, 0.3) is 11.3 Å². The Morgan fingerprint density at radius 1 is 1.40 bits per heavy atom. The number of aromatic nitrogens is 1. The molecule has 2 aromatic rings. The van der Waals surface area contributed by atoms with Gasteiger partial charge in [-0.1, -0.05) is 23.4 Å². The van der Waals surface area contributed by atoms with E-state index < -0.39 is 0 Å². The zero-order chi connectivity index (χ0) is 10.7. The van der Waals surface area contributed by atoms with Crippen molar-refractivity contribution in [3.8, 4) is 17.3 Å². The van der Waals surface area contributed by atoms with E-state index in [9.17, 15) is 0 Å². The van der Waals surface area contributed by atoms with Gasteiger partial charge in [-0.3, -0.25) is 0 Å². The van der Waals surface area contributed by atoms with E-state index in [0.717, 1.165) is 5.56 Å². The van der Waals surface area contributed by atoms with Crippen molar-refractivity contribution in [2.24, 2.45) is 0 Å². The maximum atomic E-state index is 8.91. The van der Waals surface area contributed by atoms with Crippen LogP contribution in [0, 0.1) is 11.3 Å². The van der Waals surface area contributed by atoms with Crippen LogP contribution in [0.1, 0.15) is 11.3 Å². The van der Waals surface area contributed by atoms with Crippen LogP contribution in [-0.2, 0) is 5.88 Å². The molecule has 4 heteroatoms. The molecule has 0 saturated heterocycles. The summed E-state index contributed by atoms with van der Waals surface area (Å²) in [4.78, 5) is 0. The average Bonchev–Trinajstić information content (AvgIpc) is 2.77. The van der Waals surface area contributed by atoms with E-state index in [1.54, 1.807) is 12.1 Å². The molecular formula is C11H7ClN2O. The molecular weight excluding hydrogens is 212 g/mol. The van der Waals surface area contributed by atoms with Gasteiger partial charge < -0.3 is 4.52 Å². The normalized spacial score (nSPS) is 9.87. The number of rotatable bonds is 2. The van der Waals surface area contributed by atoms with Gasteiger partial charge in [0, 0.05) is 11.6 Å². The predicted molar refractivity (Wildman–Crippen MR) is 56.2 cm³/mol. The Bertz CT molecular complexity index is 513. The topological polar surface area (TPSA) is 49.8 Å². The fraction of sp³-hybridized carbons (Fsp3) is 0.0909. The highest BCUT2D eigenvalue weighted by Crippen LogP contribution is 2.23. The molecule has 74 valence electrons. The number of nitriles is 1. The summed E-state index contributed by atoms with van der Waals surface area (Å²) in [6.45, 7) is 0. The quantitative estimate of drug-likeness (QED) is 0.729. The lowest BCUT2D eigenvalue weighted by molar-refractivity contribution is 0.396. The third-order valence-electron chi connectivity index (χ3n) is 2.01. The maximum absolute atomic E-state index is 8.91. The van der Waals surface area contributed by atoms with Gasteiger partial charge in [-0.05, 0) is 6.07 Å². The largest absolute Gasteiger partial charge is 0.359 e. The molecule has 0 bridgehead atoms. The molecule has 1 aromatic carbocycles. The van der Waals surface area contributed by atoms with E-state index in [4.69, 9.17) is 21.4 Å². The first-order valence-corrected chi connectivity index (χ1v) is 4.89. The Balaban J connectivity index is 2.49. The number of hydrogen-bond donors (Lipinski definition) is 0. The minimum Gasteiger partial charge on any atom is -0.359 e. The molecule has 15 heavy (non-hydrogen) atoms. The van der Waals surface area contributed by atoms with Crippen LogP contribution < -0.4 is 0 Å². The molecule has 0 amide bonds. The highest BCUT2D eigenvalue weighted by Gasteiger charge is 2.09. The van der Waals surface area contributed by atoms with Gasteiger partial charge in [0.25, 0.3) is 0 Å². The Morgan fingerprint density at radius 2 is 2.20 bits per heavy atom. The fourth-order valence-corrected chi connectivity index (χ4v) is 1.43. The molecule has 0 aliphatic carbocycles. The fourth-order valence-electron chi connectivity index (χ4n) is 1.31. The van der Waals surface area contributed by atoms with Crippen molar-refractivity contribution in [2.75, 3.05) is 0 Å². The summed E-state index contributed by atoms with van der Waals surface area (Å²) in [5.74, 6) is 0.876. The molecule has 0 spiro atoms. The molecule has 0 atom stereocenters. The first kappa shape index (κ1) is 9.75. The predicted octanol–water partition coefficient (Wildman–Crippen LogP) is 2.95. The second-order valence-electron chi connectivity index (χ2n) is 2.97. The molecule has 0 saturated carbocycles. The lowest BCUT2D eigenvalue weighted by Crippen LogP contribution is -1.82.